The molecule has 0 bridgehead atoms. The smallest absolute Gasteiger partial charge is 0.257 e. The SMILES string of the molecule is Cc1ccc(C(=O)CCC(=O)NCc2ccc(NC(=O)c3cccnc3)cc2)cc1. The van der Waals surface area contributed by atoms with Crippen LogP contribution in [0.25, 0.3) is 0 Å². The number of benzene rings is 2. The van der Waals surface area contributed by atoms with Crippen molar-refractivity contribution in [1.82, 2.24) is 10.3 Å². The summed E-state index contributed by atoms with van der Waals surface area (Å²) in [4.78, 5) is 40.2. The van der Waals surface area contributed by atoms with Crippen LogP contribution in [0.5, 0.6) is 0 Å². The highest BCUT2D eigenvalue weighted by Gasteiger charge is 2.09. The molecule has 6 heteroatoms. The Morgan fingerprint density at radius 3 is 2.27 bits per heavy atom. The number of amides is 2. The minimum atomic E-state index is -0.234. The molecule has 0 aliphatic carbocycles. The summed E-state index contributed by atoms with van der Waals surface area (Å²) in [5, 5.41) is 5.61. The van der Waals surface area contributed by atoms with Gasteiger partial charge in [-0.15, -0.1) is 0 Å². The fourth-order valence-electron chi connectivity index (χ4n) is 2.81. The maximum absolute atomic E-state index is 12.1. The molecule has 0 saturated heterocycles. The molecule has 0 aliphatic heterocycles. The van der Waals surface area contributed by atoms with E-state index in [1.165, 1.54) is 6.20 Å². The Morgan fingerprint density at radius 1 is 0.867 bits per heavy atom. The summed E-state index contributed by atoms with van der Waals surface area (Å²) < 4.78 is 0. The van der Waals surface area contributed by atoms with E-state index in [0.29, 0.717) is 23.4 Å². The van der Waals surface area contributed by atoms with Crippen molar-refractivity contribution in [2.45, 2.75) is 26.3 Å². The van der Waals surface area contributed by atoms with Gasteiger partial charge < -0.3 is 10.6 Å². The first-order valence-corrected chi connectivity index (χ1v) is 9.68. The highest BCUT2D eigenvalue weighted by molar-refractivity contribution is 6.04. The summed E-state index contributed by atoms with van der Waals surface area (Å²) in [6.45, 7) is 2.32. The van der Waals surface area contributed by atoms with Crippen LogP contribution in [-0.4, -0.2) is 22.6 Å². The minimum absolute atomic E-state index is 0.0427. The van der Waals surface area contributed by atoms with Crippen LogP contribution in [-0.2, 0) is 11.3 Å². The lowest BCUT2D eigenvalue weighted by atomic mass is 10.0. The number of hydrogen-bond acceptors (Lipinski definition) is 4. The highest BCUT2D eigenvalue weighted by Crippen LogP contribution is 2.12. The Bertz CT molecular complexity index is 1010. The van der Waals surface area contributed by atoms with Gasteiger partial charge >= 0.3 is 0 Å². The molecule has 0 fully saturated rings. The molecule has 30 heavy (non-hydrogen) atoms. The van der Waals surface area contributed by atoms with Gasteiger partial charge in [0, 0.05) is 43.0 Å². The Labute approximate surface area is 175 Å². The van der Waals surface area contributed by atoms with Crippen LogP contribution in [0.1, 0.15) is 44.7 Å². The van der Waals surface area contributed by atoms with Crippen molar-refractivity contribution in [1.29, 1.82) is 0 Å². The molecule has 2 amide bonds. The van der Waals surface area contributed by atoms with Crippen LogP contribution in [0.15, 0.2) is 73.1 Å². The second kappa shape index (κ2) is 10.1. The third-order valence-electron chi connectivity index (χ3n) is 4.58. The van der Waals surface area contributed by atoms with Gasteiger partial charge in [-0.3, -0.25) is 19.4 Å². The van der Waals surface area contributed by atoms with Crippen molar-refractivity contribution in [3.05, 3.63) is 95.3 Å². The number of carbonyl (C=O) groups excluding carboxylic acids is 3. The van der Waals surface area contributed by atoms with Crippen molar-refractivity contribution in [2.75, 3.05) is 5.32 Å². The largest absolute Gasteiger partial charge is 0.352 e. The van der Waals surface area contributed by atoms with Crippen molar-refractivity contribution in [3.8, 4) is 0 Å². The predicted molar refractivity (Wildman–Crippen MR) is 115 cm³/mol. The molecule has 0 unspecified atom stereocenters. The van der Waals surface area contributed by atoms with Crippen LogP contribution < -0.4 is 10.6 Å². The molecule has 0 radical (unpaired) electrons. The van der Waals surface area contributed by atoms with E-state index in [9.17, 15) is 14.4 Å². The van der Waals surface area contributed by atoms with Crippen LogP contribution in [0, 0.1) is 6.92 Å². The Balaban J connectivity index is 1.43. The number of anilines is 1. The second-order valence-corrected chi connectivity index (χ2v) is 6.96. The predicted octanol–water partition coefficient (Wildman–Crippen LogP) is 3.92. The highest BCUT2D eigenvalue weighted by atomic mass is 16.2. The summed E-state index contributed by atoms with van der Waals surface area (Å²) in [6.07, 6.45) is 3.43. The Kier molecular flexibility index (Phi) is 7.05. The van der Waals surface area contributed by atoms with E-state index in [2.05, 4.69) is 15.6 Å². The fraction of sp³-hybridized carbons (Fsp3) is 0.167. The lowest BCUT2D eigenvalue weighted by Crippen LogP contribution is -2.23. The molecule has 2 N–H and O–H groups in total. The molecule has 6 nitrogen and oxygen atoms in total. The standard InChI is InChI=1S/C24H23N3O3/c1-17-4-8-19(9-5-17)22(28)12-13-23(29)26-15-18-6-10-21(11-7-18)27-24(30)20-3-2-14-25-16-20/h2-11,14,16H,12-13,15H2,1H3,(H,26,29)(H,27,30). The molecular weight excluding hydrogens is 378 g/mol. The van der Waals surface area contributed by atoms with Crippen LogP contribution in [0.2, 0.25) is 0 Å². The number of aromatic nitrogens is 1. The first-order valence-electron chi connectivity index (χ1n) is 9.68. The van der Waals surface area contributed by atoms with Gasteiger partial charge in [0.15, 0.2) is 5.78 Å². The number of carbonyl (C=O) groups is 3. The van der Waals surface area contributed by atoms with Crippen molar-refractivity contribution in [2.24, 2.45) is 0 Å². The van der Waals surface area contributed by atoms with E-state index in [4.69, 9.17) is 0 Å². The van der Waals surface area contributed by atoms with Crippen molar-refractivity contribution >= 4 is 23.3 Å². The average Bonchev–Trinajstić information content (AvgIpc) is 2.78. The maximum atomic E-state index is 12.1. The number of rotatable bonds is 8. The number of Topliss-reactive ketones (excluding diaryl/α,β-unsaturated/α-hetero) is 1. The molecule has 1 aromatic heterocycles. The van der Waals surface area contributed by atoms with Crippen molar-refractivity contribution < 1.29 is 14.4 Å². The number of nitrogens with zero attached hydrogens (tertiary/aromatic N) is 1. The molecule has 3 rings (SSSR count). The third kappa shape index (κ3) is 6.10. The first-order chi connectivity index (χ1) is 14.5. The van der Waals surface area contributed by atoms with Gasteiger partial charge in [-0.25, -0.2) is 0 Å². The monoisotopic (exact) mass is 401 g/mol. The third-order valence-corrected chi connectivity index (χ3v) is 4.58. The minimum Gasteiger partial charge on any atom is -0.352 e. The molecular formula is C24H23N3O3. The summed E-state index contributed by atoms with van der Waals surface area (Å²) in [5.74, 6) is -0.453. The van der Waals surface area contributed by atoms with Gasteiger partial charge in [-0.05, 0) is 36.8 Å². The summed E-state index contributed by atoms with van der Waals surface area (Å²) in [6, 6.07) is 17.9. The zero-order valence-corrected chi connectivity index (χ0v) is 16.7. The molecule has 2 aromatic carbocycles. The Hall–Kier alpha value is -3.80. The Morgan fingerprint density at radius 2 is 1.60 bits per heavy atom. The van der Waals surface area contributed by atoms with E-state index >= 15 is 0 Å². The van der Waals surface area contributed by atoms with Gasteiger partial charge in [0.05, 0.1) is 5.56 Å². The number of hydrogen-bond donors (Lipinski definition) is 2. The van der Waals surface area contributed by atoms with Gasteiger partial charge in [-0.1, -0.05) is 42.0 Å². The summed E-state index contributed by atoms with van der Waals surface area (Å²) in [7, 11) is 0. The fourth-order valence-corrected chi connectivity index (χ4v) is 2.81. The normalized spacial score (nSPS) is 10.3. The molecule has 0 saturated carbocycles. The van der Waals surface area contributed by atoms with Crippen LogP contribution in [0.4, 0.5) is 5.69 Å². The lowest BCUT2D eigenvalue weighted by Gasteiger charge is -2.08. The summed E-state index contributed by atoms with van der Waals surface area (Å²) in [5.41, 5.74) is 3.74. The van der Waals surface area contributed by atoms with Crippen LogP contribution in [0.3, 0.4) is 0 Å². The second-order valence-electron chi connectivity index (χ2n) is 6.96. The zero-order chi connectivity index (χ0) is 21.3. The van der Waals surface area contributed by atoms with E-state index in [1.54, 1.807) is 42.6 Å². The van der Waals surface area contributed by atoms with E-state index in [0.717, 1.165) is 11.1 Å². The molecule has 1 heterocycles. The van der Waals surface area contributed by atoms with Gasteiger partial charge in [0.1, 0.15) is 0 Å². The molecule has 152 valence electrons. The van der Waals surface area contributed by atoms with Crippen molar-refractivity contribution in [3.63, 3.8) is 0 Å². The van der Waals surface area contributed by atoms with Gasteiger partial charge in [-0.2, -0.15) is 0 Å². The van der Waals surface area contributed by atoms with Crippen LogP contribution >= 0.6 is 0 Å². The number of nitrogens with one attached hydrogen (secondary N) is 2. The zero-order valence-electron chi connectivity index (χ0n) is 16.7. The molecule has 0 spiro atoms. The van der Waals surface area contributed by atoms with E-state index in [-0.39, 0.29) is 30.4 Å². The molecule has 0 aliphatic rings. The van der Waals surface area contributed by atoms with E-state index in [1.807, 2.05) is 31.2 Å². The van der Waals surface area contributed by atoms with Gasteiger partial charge in [0.25, 0.3) is 5.91 Å². The molecule has 3 aromatic rings. The number of ketones is 1. The van der Waals surface area contributed by atoms with Gasteiger partial charge in [0.2, 0.25) is 5.91 Å². The lowest BCUT2D eigenvalue weighted by molar-refractivity contribution is -0.121. The number of aryl methyl sites for hydroxylation is 1. The number of pyridine rings is 1. The average molecular weight is 401 g/mol. The summed E-state index contributed by atoms with van der Waals surface area (Å²) >= 11 is 0. The topological polar surface area (TPSA) is 88.2 Å². The van der Waals surface area contributed by atoms with E-state index < -0.39 is 0 Å². The quantitative estimate of drug-likeness (QED) is 0.560. The maximum Gasteiger partial charge on any atom is 0.257 e. The first kappa shape index (κ1) is 20.9. The molecule has 0 atom stereocenters.